The molecular weight excluding hydrogens is 508 g/mol. The number of rotatable bonds is 10. The Kier molecular flexibility index (Phi) is 9.33. The van der Waals surface area contributed by atoms with Crippen LogP contribution >= 0.6 is 11.8 Å². The summed E-state index contributed by atoms with van der Waals surface area (Å²) in [6, 6.07) is 25.5. The number of aromatic nitrogens is 2. The average Bonchev–Trinajstić information content (AvgIpc) is 2.93. The Morgan fingerprint density at radius 1 is 0.897 bits per heavy atom. The van der Waals surface area contributed by atoms with Crippen LogP contribution in [-0.4, -0.2) is 39.5 Å². The molecule has 0 radical (unpaired) electrons. The molecule has 1 unspecified atom stereocenters. The molecule has 0 aliphatic rings. The van der Waals surface area contributed by atoms with Gasteiger partial charge in [0.25, 0.3) is 5.91 Å². The van der Waals surface area contributed by atoms with Crippen molar-refractivity contribution in [1.29, 1.82) is 0 Å². The van der Waals surface area contributed by atoms with Crippen LogP contribution in [0.2, 0.25) is 0 Å². The number of anilines is 1. The van der Waals surface area contributed by atoms with Gasteiger partial charge in [-0.05, 0) is 62.2 Å². The van der Waals surface area contributed by atoms with E-state index >= 15 is 0 Å². The number of ether oxygens (including phenoxy) is 1. The molecule has 2 amide bonds. The van der Waals surface area contributed by atoms with Crippen LogP contribution < -0.4 is 10.1 Å². The van der Waals surface area contributed by atoms with Gasteiger partial charge in [-0.2, -0.15) is 0 Å². The number of nitrogens with zero attached hydrogens (tertiary/aromatic N) is 3. The Hall–Kier alpha value is -4.17. The van der Waals surface area contributed by atoms with Crippen molar-refractivity contribution in [1.82, 2.24) is 14.9 Å². The second-order valence-corrected chi connectivity index (χ2v) is 10.2. The number of methoxy groups -OCH3 is 1. The van der Waals surface area contributed by atoms with Crippen molar-refractivity contribution in [2.75, 3.05) is 18.2 Å². The third-order valence-corrected chi connectivity index (χ3v) is 6.95. The molecule has 0 saturated carbocycles. The lowest BCUT2D eigenvalue weighted by Crippen LogP contribution is -2.41. The number of thioether (sulfide) groups is 1. The quantitative estimate of drug-likeness (QED) is 0.199. The van der Waals surface area contributed by atoms with Gasteiger partial charge >= 0.3 is 0 Å². The van der Waals surface area contributed by atoms with E-state index in [0.717, 1.165) is 28.1 Å². The first-order chi connectivity index (χ1) is 18.8. The number of benzene rings is 3. The molecule has 39 heavy (non-hydrogen) atoms. The van der Waals surface area contributed by atoms with Gasteiger partial charge in [-0.3, -0.25) is 9.59 Å². The van der Waals surface area contributed by atoms with Crippen molar-refractivity contribution in [3.05, 3.63) is 113 Å². The molecule has 1 aromatic heterocycles. The summed E-state index contributed by atoms with van der Waals surface area (Å²) in [7, 11) is 1.59. The van der Waals surface area contributed by atoms with Crippen LogP contribution in [0, 0.1) is 20.8 Å². The van der Waals surface area contributed by atoms with Crippen molar-refractivity contribution >= 4 is 29.3 Å². The van der Waals surface area contributed by atoms with Crippen LogP contribution in [0.3, 0.4) is 0 Å². The first-order valence-corrected chi connectivity index (χ1v) is 13.6. The number of hydrogen-bond acceptors (Lipinski definition) is 6. The van der Waals surface area contributed by atoms with E-state index in [-0.39, 0.29) is 24.1 Å². The number of amides is 2. The highest BCUT2D eigenvalue weighted by atomic mass is 32.2. The summed E-state index contributed by atoms with van der Waals surface area (Å²) in [6.07, 6.45) is 0. The Morgan fingerprint density at radius 2 is 1.54 bits per heavy atom. The van der Waals surface area contributed by atoms with E-state index in [1.165, 1.54) is 11.8 Å². The summed E-state index contributed by atoms with van der Waals surface area (Å²) < 4.78 is 5.24. The first kappa shape index (κ1) is 27.9. The number of nitrogens with one attached hydrogen (secondary N) is 1. The maximum absolute atomic E-state index is 13.9. The van der Waals surface area contributed by atoms with Gasteiger partial charge in [0.1, 0.15) is 11.8 Å². The summed E-state index contributed by atoms with van der Waals surface area (Å²) in [5.41, 5.74) is 5.01. The van der Waals surface area contributed by atoms with E-state index < -0.39 is 6.04 Å². The van der Waals surface area contributed by atoms with E-state index in [9.17, 15) is 9.59 Å². The van der Waals surface area contributed by atoms with Gasteiger partial charge in [-0.15, -0.1) is 0 Å². The predicted octanol–water partition coefficient (Wildman–Crippen LogP) is 5.91. The molecule has 3 aromatic carbocycles. The van der Waals surface area contributed by atoms with Crippen LogP contribution in [0.15, 0.2) is 90.1 Å². The molecule has 7 nitrogen and oxygen atoms in total. The molecule has 0 spiro atoms. The van der Waals surface area contributed by atoms with E-state index in [1.54, 1.807) is 36.3 Å². The number of carbonyl (C=O) groups is 2. The molecule has 0 aliphatic carbocycles. The summed E-state index contributed by atoms with van der Waals surface area (Å²) in [4.78, 5) is 38.3. The third-order valence-electron chi connectivity index (χ3n) is 6.11. The maximum atomic E-state index is 13.9. The normalized spacial score (nSPS) is 11.5. The zero-order chi connectivity index (χ0) is 27.8. The Morgan fingerprint density at radius 3 is 2.15 bits per heavy atom. The Balaban J connectivity index is 1.67. The fourth-order valence-electron chi connectivity index (χ4n) is 4.18. The van der Waals surface area contributed by atoms with Crippen molar-refractivity contribution < 1.29 is 14.3 Å². The van der Waals surface area contributed by atoms with Gasteiger partial charge in [-0.25, -0.2) is 9.97 Å². The van der Waals surface area contributed by atoms with Gasteiger partial charge in [0.15, 0.2) is 5.16 Å². The van der Waals surface area contributed by atoms with Crippen LogP contribution in [0.4, 0.5) is 5.69 Å². The molecule has 4 rings (SSSR count). The van der Waals surface area contributed by atoms with Gasteiger partial charge in [0, 0.05) is 23.6 Å². The van der Waals surface area contributed by atoms with E-state index in [2.05, 4.69) is 15.3 Å². The maximum Gasteiger partial charge on any atom is 0.251 e. The average molecular weight is 541 g/mol. The van der Waals surface area contributed by atoms with E-state index in [0.29, 0.717) is 16.6 Å². The Bertz CT molecular complexity index is 1390. The highest BCUT2D eigenvalue weighted by Crippen LogP contribution is 2.28. The van der Waals surface area contributed by atoms with Crippen molar-refractivity contribution in [3.63, 3.8) is 0 Å². The summed E-state index contributed by atoms with van der Waals surface area (Å²) >= 11 is 1.27. The molecule has 1 N–H and O–H groups in total. The minimum atomic E-state index is -0.860. The number of aryl methyl sites for hydroxylation is 3. The second kappa shape index (κ2) is 13.1. The number of hydrogen-bond donors (Lipinski definition) is 1. The molecule has 0 bridgehead atoms. The summed E-state index contributed by atoms with van der Waals surface area (Å²) in [5.74, 6) is 0.283. The summed E-state index contributed by atoms with van der Waals surface area (Å²) in [5, 5.41) is 3.53. The fraction of sp³-hybridized carbons (Fsp3) is 0.226. The van der Waals surface area contributed by atoms with Crippen molar-refractivity contribution in [3.8, 4) is 5.75 Å². The zero-order valence-corrected chi connectivity index (χ0v) is 23.4. The van der Waals surface area contributed by atoms with Crippen LogP contribution in [0.1, 0.15) is 34.1 Å². The number of carbonyl (C=O) groups excluding carboxylic acids is 2. The second-order valence-electron chi connectivity index (χ2n) is 9.26. The van der Waals surface area contributed by atoms with Gasteiger partial charge in [0.05, 0.1) is 12.9 Å². The van der Waals surface area contributed by atoms with Gasteiger partial charge < -0.3 is 15.0 Å². The SMILES string of the molecule is COc1ccc(NC(=O)C(c2ccc(C)cc2)N(Cc2ccccc2)C(=O)CSc2nc(C)cc(C)n2)cc1. The molecule has 0 fully saturated rings. The molecule has 8 heteroatoms. The highest BCUT2D eigenvalue weighted by Gasteiger charge is 2.32. The zero-order valence-electron chi connectivity index (χ0n) is 22.5. The lowest BCUT2D eigenvalue weighted by Gasteiger charge is -2.31. The molecule has 4 aromatic rings. The lowest BCUT2D eigenvalue weighted by atomic mass is 10.0. The standard InChI is InChI=1S/C31H32N4O3S/c1-21-10-12-25(13-11-21)29(30(37)34-26-14-16-27(38-4)17-15-26)35(19-24-8-6-5-7-9-24)28(36)20-39-31-32-22(2)18-23(3)33-31/h5-18,29H,19-20H2,1-4H3,(H,34,37). The first-order valence-electron chi connectivity index (χ1n) is 12.6. The van der Waals surface area contributed by atoms with Crippen molar-refractivity contribution in [2.45, 2.75) is 38.5 Å². The van der Waals surface area contributed by atoms with E-state index in [4.69, 9.17) is 4.74 Å². The Labute approximate surface area is 233 Å². The smallest absolute Gasteiger partial charge is 0.251 e. The predicted molar refractivity (Wildman–Crippen MR) is 155 cm³/mol. The third kappa shape index (κ3) is 7.67. The largest absolute Gasteiger partial charge is 0.497 e. The minimum absolute atomic E-state index is 0.0912. The van der Waals surface area contributed by atoms with Crippen LogP contribution in [0.25, 0.3) is 0 Å². The molecular formula is C31H32N4O3S. The molecule has 200 valence electrons. The van der Waals surface area contributed by atoms with Gasteiger partial charge in [-0.1, -0.05) is 71.9 Å². The monoisotopic (exact) mass is 540 g/mol. The van der Waals surface area contributed by atoms with E-state index in [1.807, 2.05) is 81.4 Å². The summed E-state index contributed by atoms with van der Waals surface area (Å²) in [6.45, 7) is 6.06. The fourth-order valence-corrected chi connectivity index (χ4v) is 5.01. The molecule has 0 aliphatic heterocycles. The molecule has 1 atom stereocenters. The lowest BCUT2D eigenvalue weighted by molar-refractivity contribution is -0.137. The van der Waals surface area contributed by atoms with Crippen molar-refractivity contribution in [2.24, 2.45) is 0 Å². The van der Waals surface area contributed by atoms with Crippen LogP contribution in [0.5, 0.6) is 5.75 Å². The molecule has 1 heterocycles. The highest BCUT2D eigenvalue weighted by molar-refractivity contribution is 7.99. The van der Waals surface area contributed by atoms with Crippen LogP contribution in [-0.2, 0) is 16.1 Å². The topological polar surface area (TPSA) is 84.4 Å². The minimum Gasteiger partial charge on any atom is -0.497 e. The van der Waals surface area contributed by atoms with Gasteiger partial charge in [0.2, 0.25) is 5.91 Å². The molecule has 0 saturated heterocycles.